The highest BCUT2D eigenvalue weighted by atomic mass is 15.1. The fourth-order valence-corrected chi connectivity index (χ4v) is 10.6. The van der Waals surface area contributed by atoms with Crippen molar-refractivity contribution in [3.8, 4) is 0 Å². The standard InChI is InChI=1S/C18H29N.C17H27N.C16H25N.C15H23N/c1-16(2)18-11-9-17(10-12-18)8-4-7-15-19-13-5-3-6-14-19;1-15(2)17-10-8-16(9-11-17)7-6-14-18-12-4-3-5-13-18;1-14(2)16-8-6-15(7-9-16)10-13-17-11-4-3-5-12-17;1-13(2)15-8-6-14(7-9-15)12-16-10-4-3-5-11-16/h9-12,16H,3-8,13-15H2,1-2H3;8-11,15H,3-7,12-14H2,1-2H3;6-9,14H,3-5,10-13H2,1-2H3;6-9,13H,3-5,10-12H2,1-2H3. The summed E-state index contributed by atoms with van der Waals surface area (Å²) in [7, 11) is 0. The fourth-order valence-electron chi connectivity index (χ4n) is 10.6. The molecule has 4 heteroatoms. The van der Waals surface area contributed by atoms with E-state index in [1.807, 2.05) is 0 Å². The van der Waals surface area contributed by atoms with Crippen LogP contribution < -0.4 is 0 Å². The van der Waals surface area contributed by atoms with Gasteiger partial charge >= 0.3 is 0 Å². The van der Waals surface area contributed by atoms with Gasteiger partial charge in [-0.2, -0.15) is 0 Å². The van der Waals surface area contributed by atoms with E-state index in [1.54, 1.807) is 0 Å². The van der Waals surface area contributed by atoms with Crippen molar-refractivity contribution in [2.45, 2.75) is 201 Å². The Morgan fingerprint density at radius 2 is 0.543 bits per heavy atom. The molecule has 0 saturated carbocycles. The minimum absolute atomic E-state index is 0.643. The first-order valence-corrected chi connectivity index (χ1v) is 29.3. The molecule has 4 aromatic rings. The maximum absolute atomic E-state index is 2.64. The molecule has 4 aromatic carbocycles. The number of likely N-dealkylation sites (tertiary alicyclic amines) is 4. The molecule has 4 aliphatic rings. The molecule has 0 amide bonds. The molecule has 8 rings (SSSR count). The number of hydrogen-bond donors (Lipinski definition) is 0. The first kappa shape index (κ1) is 57.6. The Morgan fingerprint density at radius 3 is 0.886 bits per heavy atom. The first-order chi connectivity index (χ1) is 34.0. The number of unbranched alkanes of at least 4 members (excludes halogenated alkanes) is 1. The van der Waals surface area contributed by atoms with Crippen molar-refractivity contribution in [1.29, 1.82) is 0 Å². The average Bonchev–Trinajstić information content (AvgIpc) is 3.39. The molecule has 0 unspecified atom stereocenters. The first-order valence-electron chi connectivity index (χ1n) is 29.3. The highest BCUT2D eigenvalue weighted by molar-refractivity contribution is 5.27. The van der Waals surface area contributed by atoms with Crippen LogP contribution in [0, 0.1) is 0 Å². The second-order valence-electron chi connectivity index (χ2n) is 22.9. The SMILES string of the molecule is CC(C)c1ccc(CCCCN2CCCCC2)cc1.CC(C)c1ccc(CCCN2CCCCC2)cc1.CC(C)c1ccc(CCN2CCCCC2)cc1.CC(C)c1ccc(CN2CCCCC2)cc1. The van der Waals surface area contributed by atoms with Crippen LogP contribution in [0.25, 0.3) is 0 Å². The van der Waals surface area contributed by atoms with Gasteiger partial charge in [-0.3, -0.25) is 4.90 Å². The molecule has 0 aliphatic carbocycles. The largest absolute Gasteiger partial charge is 0.303 e. The molecular formula is C66H104N4. The monoisotopic (exact) mass is 953 g/mol. The summed E-state index contributed by atoms with van der Waals surface area (Å²) in [6, 6.07) is 36.8. The van der Waals surface area contributed by atoms with E-state index in [2.05, 4.69) is 172 Å². The van der Waals surface area contributed by atoms with Gasteiger partial charge in [0.1, 0.15) is 0 Å². The van der Waals surface area contributed by atoms with Gasteiger partial charge in [0.15, 0.2) is 0 Å². The van der Waals surface area contributed by atoms with Crippen LogP contribution in [0.5, 0.6) is 0 Å². The Kier molecular flexibility index (Phi) is 27.5. The lowest BCUT2D eigenvalue weighted by atomic mass is 10.00. The fraction of sp³-hybridized carbons (Fsp3) is 0.636. The zero-order valence-electron chi connectivity index (χ0n) is 46.5. The number of piperidine rings is 4. The number of nitrogens with zero attached hydrogens (tertiary/aromatic N) is 4. The van der Waals surface area contributed by atoms with E-state index in [-0.39, 0.29) is 0 Å². The predicted octanol–water partition coefficient (Wildman–Crippen LogP) is 16.5. The van der Waals surface area contributed by atoms with Crippen LogP contribution in [-0.4, -0.2) is 91.6 Å². The molecule has 0 radical (unpaired) electrons. The Morgan fingerprint density at radius 1 is 0.271 bits per heavy atom. The third-order valence-electron chi connectivity index (χ3n) is 15.6. The van der Waals surface area contributed by atoms with Gasteiger partial charge in [0, 0.05) is 13.1 Å². The van der Waals surface area contributed by atoms with Gasteiger partial charge in [0.05, 0.1) is 0 Å². The summed E-state index contributed by atoms with van der Waals surface area (Å²) in [5, 5.41) is 0. The lowest BCUT2D eigenvalue weighted by molar-refractivity contribution is 0.221. The Hall–Kier alpha value is -3.28. The van der Waals surface area contributed by atoms with Crippen LogP contribution in [0.2, 0.25) is 0 Å². The Bertz CT molecular complexity index is 1870. The van der Waals surface area contributed by atoms with Gasteiger partial charge in [-0.25, -0.2) is 0 Å². The van der Waals surface area contributed by atoms with E-state index in [4.69, 9.17) is 0 Å². The molecule has 4 nitrogen and oxygen atoms in total. The quantitative estimate of drug-likeness (QED) is 0.0922. The molecule has 0 spiro atoms. The molecule has 4 fully saturated rings. The average molecular weight is 954 g/mol. The van der Waals surface area contributed by atoms with Crippen LogP contribution in [0.15, 0.2) is 97.1 Å². The minimum atomic E-state index is 0.643. The molecule has 4 heterocycles. The summed E-state index contributed by atoms with van der Waals surface area (Å²) in [4.78, 5) is 10.5. The second-order valence-corrected chi connectivity index (χ2v) is 22.9. The van der Waals surface area contributed by atoms with Crippen molar-refractivity contribution >= 4 is 0 Å². The van der Waals surface area contributed by atoms with E-state index in [0.29, 0.717) is 23.7 Å². The number of hydrogen-bond acceptors (Lipinski definition) is 4. The van der Waals surface area contributed by atoms with Crippen molar-refractivity contribution in [1.82, 2.24) is 19.6 Å². The molecule has 4 aliphatic heterocycles. The smallest absolute Gasteiger partial charge is 0.0233 e. The van der Waals surface area contributed by atoms with E-state index in [0.717, 1.165) is 6.54 Å². The predicted molar refractivity (Wildman–Crippen MR) is 307 cm³/mol. The van der Waals surface area contributed by atoms with Crippen molar-refractivity contribution in [2.24, 2.45) is 0 Å². The third-order valence-corrected chi connectivity index (χ3v) is 15.6. The minimum Gasteiger partial charge on any atom is -0.303 e. The normalized spacial score (nSPS) is 17.4. The lowest BCUT2D eigenvalue weighted by Gasteiger charge is -2.26. The van der Waals surface area contributed by atoms with Gasteiger partial charge in [0.2, 0.25) is 0 Å². The van der Waals surface area contributed by atoms with Crippen molar-refractivity contribution in [3.05, 3.63) is 142 Å². The van der Waals surface area contributed by atoms with Gasteiger partial charge < -0.3 is 14.7 Å². The Balaban J connectivity index is 0.000000174. The van der Waals surface area contributed by atoms with E-state index in [1.165, 1.54) is 232 Å². The van der Waals surface area contributed by atoms with Crippen LogP contribution in [-0.2, 0) is 25.8 Å². The summed E-state index contributed by atoms with van der Waals surface area (Å²) in [6.45, 7) is 33.5. The van der Waals surface area contributed by atoms with Crippen molar-refractivity contribution in [3.63, 3.8) is 0 Å². The third kappa shape index (κ3) is 23.1. The molecular weight excluding hydrogens is 849 g/mol. The molecule has 0 N–H and O–H groups in total. The van der Waals surface area contributed by atoms with E-state index >= 15 is 0 Å². The van der Waals surface area contributed by atoms with Gasteiger partial charge in [0.25, 0.3) is 0 Å². The van der Waals surface area contributed by atoms with Crippen molar-refractivity contribution < 1.29 is 0 Å². The number of aryl methyl sites for hydroxylation is 2. The summed E-state index contributed by atoms with van der Waals surface area (Å²) in [5.41, 5.74) is 11.8. The molecule has 0 aromatic heterocycles. The summed E-state index contributed by atoms with van der Waals surface area (Å²) < 4.78 is 0. The summed E-state index contributed by atoms with van der Waals surface area (Å²) in [5.74, 6) is 2.58. The maximum atomic E-state index is 2.64. The zero-order valence-corrected chi connectivity index (χ0v) is 46.5. The highest BCUT2D eigenvalue weighted by Crippen LogP contribution is 2.21. The Labute approximate surface area is 432 Å². The summed E-state index contributed by atoms with van der Waals surface area (Å²) in [6.07, 6.45) is 24.6. The van der Waals surface area contributed by atoms with E-state index in [9.17, 15) is 0 Å². The molecule has 0 atom stereocenters. The molecule has 4 saturated heterocycles. The van der Waals surface area contributed by atoms with Crippen LogP contribution >= 0.6 is 0 Å². The van der Waals surface area contributed by atoms with Gasteiger partial charge in [-0.1, -0.05) is 178 Å². The number of rotatable bonds is 18. The zero-order chi connectivity index (χ0) is 49.8. The molecule has 70 heavy (non-hydrogen) atoms. The van der Waals surface area contributed by atoms with Crippen LogP contribution in [0.3, 0.4) is 0 Å². The summed E-state index contributed by atoms with van der Waals surface area (Å²) >= 11 is 0. The highest BCUT2D eigenvalue weighted by Gasteiger charge is 2.13. The van der Waals surface area contributed by atoms with E-state index < -0.39 is 0 Å². The molecule has 0 bridgehead atoms. The second kappa shape index (κ2) is 33.4. The topological polar surface area (TPSA) is 13.0 Å². The van der Waals surface area contributed by atoms with Crippen LogP contribution in [0.4, 0.5) is 0 Å². The molecule has 388 valence electrons. The lowest BCUT2D eigenvalue weighted by Crippen LogP contribution is -2.31. The number of benzene rings is 4. The van der Waals surface area contributed by atoms with Gasteiger partial charge in [-0.05, 0) is 224 Å². The maximum Gasteiger partial charge on any atom is 0.0233 e. The van der Waals surface area contributed by atoms with Crippen molar-refractivity contribution in [2.75, 3.05) is 72.0 Å². The van der Waals surface area contributed by atoms with Gasteiger partial charge in [-0.15, -0.1) is 0 Å². The van der Waals surface area contributed by atoms with Crippen LogP contribution in [0.1, 0.15) is 220 Å².